The van der Waals surface area contributed by atoms with Gasteiger partial charge < -0.3 is 14.0 Å². The molecule has 0 saturated carbocycles. The van der Waals surface area contributed by atoms with Crippen LogP contribution in [-0.2, 0) is 16.0 Å². The summed E-state index contributed by atoms with van der Waals surface area (Å²) in [6, 6.07) is 0. The van der Waals surface area contributed by atoms with Gasteiger partial charge in [-0.3, -0.25) is 4.79 Å². The van der Waals surface area contributed by atoms with E-state index in [2.05, 4.69) is 11.9 Å². The maximum atomic E-state index is 12.6. The van der Waals surface area contributed by atoms with E-state index in [9.17, 15) is 4.79 Å². The molecule has 0 aliphatic carbocycles. The Morgan fingerprint density at radius 2 is 2.28 bits per heavy atom. The van der Waals surface area contributed by atoms with Crippen LogP contribution in [0, 0.1) is 0 Å². The highest BCUT2D eigenvalue weighted by molar-refractivity contribution is 5.99. The number of carbonyl (C=O) groups is 1. The highest BCUT2D eigenvalue weighted by atomic mass is 16.5. The number of ketones is 1. The molecule has 0 unspecified atom stereocenters. The Labute approximate surface area is 107 Å². The van der Waals surface area contributed by atoms with Crippen LogP contribution in [0.2, 0.25) is 0 Å². The van der Waals surface area contributed by atoms with E-state index in [0.717, 1.165) is 13.0 Å². The molecule has 0 radical (unpaired) electrons. The van der Waals surface area contributed by atoms with Crippen molar-refractivity contribution in [2.45, 2.75) is 38.3 Å². The molecular formula is C13H20N2O3. The fraction of sp³-hybridized carbons (Fsp3) is 0.692. The second-order valence-electron chi connectivity index (χ2n) is 4.58. The van der Waals surface area contributed by atoms with E-state index in [1.165, 1.54) is 0 Å². The third-order valence-electron chi connectivity index (χ3n) is 3.49. The van der Waals surface area contributed by atoms with Crippen LogP contribution in [0.3, 0.4) is 0 Å². The first-order valence-electron chi connectivity index (χ1n) is 6.42. The topological polar surface area (TPSA) is 53.4 Å². The van der Waals surface area contributed by atoms with Gasteiger partial charge >= 0.3 is 0 Å². The van der Waals surface area contributed by atoms with Gasteiger partial charge in [-0.05, 0) is 6.42 Å². The molecule has 0 atom stereocenters. The Kier molecular flexibility index (Phi) is 4.14. The molecule has 5 heteroatoms. The molecule has 5 nitrogen and oxygen atoms in total. The molecule has 1 saturated heterocycles. The number of nitrogens with zero attached hydrogens (tertiary/aromatic N) is 2. The van der Waals surface area contributed by atoms with E-state index in [-0.39, 0.29) is 5.78 Å². The van der Waals surface area contributed by atoms with Crippen molar-refractivity contribution in [2.75, 3.05) is 20.3 Å². The summed E-state index contributed by atoms with van der Waals surface area (Å²) in [6.07, 6.45) is 5.69. The third-order valence-corrected chi connectivity index (χ3v) is 3.49. The maximum absolute atomic E-state index is 12.6. The minimum absolute atomic E-state index is 0.0215. The van der Waals surface area contributed by atoms with Gasteiger partial charge in [0.2, 0.25) is 5.78 Å². The summed E-state index contributed by atoms with van der Waals surface area (Å²) in [4.78, 5) is 16.8. The largest absolute Gasteiger partial charge is 0.381 e. The van der Waals surface area contributed by atoms with Crippen LogP contribution in [0.1, 0.15) is 36.8 Å². The minimum Gasteiger partial charge on any atom is -0.381 e. The lowest BCUT2D eigenvalue weighted by Gasteiger charge is -2.34. The second-order valence-corrected chi connectivity index (χ2v) is 4.58. The lowest BCUT2D eigenvalue weighted by atomic mass is 9.88. The van der Waals surface area contributed by atoms with Gasteiger partial charge in [0, 0.05) is 52.1 Å². The number of aryl methyl sites for hydroxylation is 1. The summed E-state index contributed by atoms with van der Waals surface area (Å²) < 4.78 is 12.7. The monoisotopic (exact) mass is 252 g/mol. The zero-order chi connectivity index (χ0) is 13.0. The van der Waals surface area contributed by atoms with Gasteiger partial charge in [-0.1, -0.05) is 6.92 Å². The predicted octanol–water partition coefficient (Wildman–Crippen LogP) is 1.67. The fourth-order valence-corrected chi connectivity index (χ4v) is 2.37. The van der Waals surface area contributed by atoms with Crippen LogP contribution in [0.4, 0.5) is 0 Å². The number of Topliss-reactive ketones (excluding diaryl/α,β-unsaturated/α-hetero) is 1. The van der Waals surface area contributed by atoms with Gasteiger partial charge in [-0.25, -0.2) is 4.98 Å². The third kappa shape index (κ3) is 2.33. The molecular weight excluding hydrogens is 232 g/mol. The van der Waals surface area contributed by atoms with E-state index in [4.69, 9.17) is 9.47 Å². The highest BCUT2D eigenvalue weighted by Crippen LogP contribution is 2.28. The Bertz CT molecular complexity index is 408. The van der Waals surface area contributed by atoms with Crippen molar-refractivity contribution in [1.82, 2.24) is 9.55 Å². The Morgan fingerprint density at radius 3 is 2.89 bits per heavy atom. The van der Waals surface area contributed by atoms with E-state index < -0.39 is 5.60 Å². The van der Waals surface area contributed by atoms with Crippen LogP contribution in [0.15, 0.2) is 12.4 Å². The molecule has 18 heavy (non-hydrogen) atoms. The number of ether oxygens (including phenoxy) is 2. The average Bonchev–Trinajstić information content (AvgIpc) is 2.87. The number of aromatic nitrogens is 2. The minimum atomic E-state index is -0.755. The van der Waals surface area contributed by atoms with E-state index >= 15 is 0 Å². The lowest BCUT2D eigenvalue weighted by Crippen LogP contribution is -2.46. The summed E-state index contributed by atoms with van der Waals surface area (Å²) in [5, 5.41) is 0. The highest BCUT2D eigenvalue weighted by Gasteiger charge is 2.42. The molecule has 1 aliphatic rings. The summed E-state index contributed by atoms with van der Waals surface area (Å²) >= 11 is 0. The molecule has 0 amide bonds. The van der Waals surface area contributed by atoms with Crippen LogP contribution in [0.25, 0.3) is 0 Å². The van der Waals surface area contributed by atoms with Gasteiger partial charge in [0.25, 0.3) is 0 Å². The Hall–Kier alpha value is -1.20. The normalized spacial score (nSPS) is 18.8. The maximum Gasteiger partial charge on any atom is 0.230 e. The van der Waals surface area contributed by atoms with Crippen molar-refractivity contribution in [1.29, 1.82) is 0 Å². The molecule has 1 aromatic rings. The Morgan fingerprint density at radius 1 is 1.56 bits per heavy atom. The smallest absolute Gasteiger partial charge is 0.230 e. The van der Waals surface area contributed by atoms with Gasteiger partial charge in [0.1, 0.15) is 5.60 Å². The van der Waals surface area contributed by atoms with Crippen molar-refractivity contribution >= 4 is 5.78 Å². The number of methoxy groups -OCH3 is 1. The number of rotatable bonds is 5. The standard InChI is InChI=1S/C13H20N2O3/c1-3-7-15-8-6-14-12(15)11(16)13(17-2)4-9-18-10-5-13/h6,8H,3-5,7,9-10H2,1-2H3. The molecule has 1 aromatic heterocycles. The van der Waals surface area contributed by atoms with Crippen molar-refractivity contribution in [3.8, 4) is 0 Å². The first kappa shape index (κ1) is 13.2. The zero-order valence-electron chi connectivity index (χ0n) is 11.0. The van der Waals surface area contributed by atoms with Crippen LogP contribution in [-0.4, -0.2) is 41.3 Å². The first-order chi connectivity index (χ1) is 8.73. The number of hydrogen-bond acceptors (Lipinski definition) is 4. The van der Waals surface area contributed by atoms with Gasteiger partial charge in [0.15, 0.2) is 5.82 Å². The van der Waals surface area contributed by atoms with Gasteiger partial charge in [-0.15, -0.1) is 0 Å². The molecule has 100 valence electrons. The van der Waals surface area contributed by atoms with Crippen LogP contribution in [0.5, 0.6) is 0 Å². The lowest BCUT2D eigenvalue weighted by molar-refractivity contribution is -0.0669. The zero-order valence-corrected chi connectivity index (χ0v) is 11.0. The molecule has 0 bridgehead atoms. The van der Waals surface area contributed by atoms with Crippen LogP contribution < -0.4 is 0 Å². The number of imidazole rings is 1. The SMILES string of the molecule is CCCn1ccnc1C(=O)C1(OC)CCOCC1. The summed E-state index contributed by atoms with van der Waals surface area (Å²) in [5.74, 6) is 0.479. The molecule has 0 aromatic carbocycles. The molecule has 2 rings (SSSR count). The summed E-state index contributed by atoms with van der Waals surface area (Å²) in [7, 11) is 1.59. The summed E-state index contributed by atoms with van der Waals surface area (Å²) in [6.45, 7) is 4.01. The number of hydrogen-bond donors (Lipinski definition) is 0. The second kappa shape index (κ2) is 5.63. The van der Waals surface area contributed by atoms with Crippen LogP contribution >= 0.6 is 0 Å². The van der Waals surface area contributed by atoms with Crippen molar-refractivity contribution in [3.05, 3.63) is 18.2 Å². The van der Waals surface area contributed by atoms with Crippen molar-refractivity contribution in [3.63, 3.8) is 0 Å². The molecule has 0 N–H and O–H groups in total. The molecule has 1 fully saturated rings. The Balaban J connectivity index is 2.25. The van der Waals surface area contributed by atoms with E-state index in [1.807, 2.05) is 10.8 Å². The quantitative estimate of drug-likeness (QED) is 0.748. The first-order valence-corrected chi connectivity index (χ1v) is 6.42. The predicted molar refractivity (Wildman–Crippen MR) is 66.6 cm³/mol. The molecule has 0 spiro atoms. The van der Waals surface area contributed by atoms with Crippen molar-refractivity contribution < 1.29 is 14.3 Å². The fourth-order valence-electron chi connectivity index (χ4n) is 2.37. The van der Waals surface area contributed by atoms with E-state index in [0.29, 0.717) is 31.9 Å². The average molecular weight is 252 g/mol. The van der Waals surface area contributed by atoms with Gasteiger partial charge in [0.05, 0.1) is 0 Å². The summed E-state index contributed by atoms with van der Waals surface area (Å²) in [5.41, 5.74) is -0.755. The molecule has 1 aliphatic heterocycles. The van der Waals surface area contributed by atoms with Gasteiger partial charge in [-0.2, -0.15) is 0 Å². The number of carbonyl (C=O) groups excluding carboxylic acids is 1. The molecule has 2 heterocycles. The van der Waals surface area contributed by atoms with E-state index in [1.54, 1.807) is 13.3 Å². The van der Waals surface area contributed by atoms with Crippen molar-refractivity contribution in [2.24, 2.45) is 0 Å².